The van der Waals surface area contributed by atoms with E-state index in [1.165, 1.54) is 0 Å². The van der Waals surface area contributed by atoms with Crippen LogP contribution in [0.25, 0.3) is 0 Å². The van der Waals surface area contributed by atoms with Gasteiger partial charge in [-0.05, 0) is 29.8 Å². The molecular formula is C14H12F4N2O. The second kappa shape index (κ2) is 6.45. The van der Waals surface area contributed by atoms with Crippen LogP contribution in [0.3, 0.4) is 0 Å². The lowest BCUT2D eigenvalue weighted by Crippen LogP contribution is -2.21. The number of nitrogens with one attached hydrogen (secondary N) is 2. The van der Waals surface area contributed by atoms with E-state index in [1.54, 1.807) is 12.1 Å². The Labute approximate surface area is 118 Å². The Bertz CT molecular complexity index is 587. The minimum Gasteiger partial charge on any atom is -0.406 e. The van der Waals surface area contributed by atoms with E-state index in [-0.39, 0.29) is 6.54 Å². The van der Waals surface area contributed by atoms with Crippen LogP contribution in [-0.2, 0) is 6.54 Å². The summed E-state index contributed by atoms with van der Waals surface area (Å²) in [6.45, 7) is 0.126. The number of hydrazine groups is 1. The predicted molar refractivity (Wildman–Crippen MR) is 70.0 cm³/mol. The minimum atomic E-state index is -4.85. The summed E-state index contributed by atoms with van der Waals surface area (Å²) in [6, 6.07) is 12.0. The van der Waals surface area contributed by atoms with Crippen LogP contribution in [0.5, 0.6) is 5.75 Å². The monoisotopic (exact) mass is 300 g/mol. The van der Waals surface area contributed by atoms with E-state index >= 15 is 0 Å². The Morgan fingerprint density at radius 1 is 1.00 bits per heavy atom. The van der Waals surface area contributed by atoms with Crippen molar-refractivity contribution < 1.29 is 22.3 Å². The summed E-state index contributed by atoms with van der Waals surface area (Å²) in [4.78, 5) is 0. The van der Waals surface area contributed by atoms with Crippen molar-refractivity contribution in [2.45, 2.75) is 12.9 Å². The first-order valence-corrected chi connectivity index (χ1v) is 6.01. The van der Waals surface area contributed by atoms with Gasteiger partial charge in [-0.2, -0.15) is 0 Å². The van der Waals surface area contributed by atoms with Gasteiger partial charge in [0.05, 0.1) is 0 Å². The SMILES string of the molecule is Fc1cc(CNNc2ccccc2)cc(OC(F)(F)F)c1. The zero-order valence-corrected chi connectivity index (χ0v) is 10.7. The van der Waals surface area contributed by atoms with Crippen LogP contribution in [0.4, 0.5) is 23.2 Å². The molecule has 2 rings (SSSR count). The number of benzene rings is 2. The molecule has 2 aromatic carbocycles. The standard InChI is InChI=1S/C14H12F4N2O/c15-11-6-10(7-13(8-11)21-14(16,17)18)9-19-20-12-4-2-1-3-5-12/h1-8,19-20H,9H2. The molecule has 21 heavy (non-hydrogen) atoms. The normalized spacial score (nSPS) is 11.2. The third-order valence-corrected chi connectivity index (χ3v) is 2.46. The van der Waals surface area contributed by atoms with E-state index in [0.717, 1.165) is 17.8 Å². The van der Waals surface area contributed by atoms with Crippen molar-refractivity contribution in [3.63, 3.8) is 0 Å². The van der Waals surface area contributed by atoms with E-state index in [4.69, 9.17) is 0 Å². The molecule has 0 heterocycles. The lowest BCUT2D eigenvalue weighted by atomic mass is 10.2. The Balaban J connectivity index is 1.97. The molecule has 0 radical (unpaired) electrons. The molecule has 0 saturated carbocycles. The van der Waals surface area contributed by atoms with Crippen LogP contribution in [0.1, 0.15) is 5.56 Å². The number of ether oxygens (including phenoxy) is 1. The number of alkyl halides is 3. The lowest BCUT2D eigenvalue weighted by molar-refractivity contribution is -0.274. The smallest absolute Gasteiger partial charge is 0.406 e. The van der Waals surface area contributed by atoms with Gasteiger partial charge in [-0.1, -0.05) is 18.2 Å². The fourth-order valence-corrected chi connectivity index (χ4v) is 1.69. The maximum absolute atomic E-state index is 13.3. The molecule has 3 nitrogen and oxygen atoms in total. The van der Waals surface area contributed by atoms with E-state index in [0.29, 0.717) is 11.6 Å². The molecule has 2 N–H and O–H groups in total. The van der Waals surface area contributed by atoms with Crippen molar-refractivity contribution in [3.05, 3.63) is 59.9 Å². The molecule has 0 saturated heterocycles. The van der Waals surface area contributed by atoms with Crippen LogP contribution in [0.15, 0.2) is 48.5 Å². The van der Waals surface area contributed by atoms with Crippen LogP contribution in [0.2, 0.25) is 0 Å². The Hall–Kier alpha value is -2.28. The van der Waals surface area contributed by atoms with Gasteiger partial charge in [-0.15, -0.1) is 13.2 Å². The van der Waals surface area contributed by atoms with E-state index in [1.807, 2.05) is 18.2 Å². The van der Waals surface area contributed by atoms with E-state index in [9.17, 15) is 17.6 Å². The van der Waals surface area contributed by atoms with Gasteiger partial charge < -0.3 is 10.2 Å². The molecule has 0 spiro atoms. The van der Waals surface area contributed by atoms with Gasteiger partial charge in [-0.25, -0.2) is 9.82 Å². The van der Waals surface area contributed by atoms with Crippen LogP contribution >= 0.6 is 0 Å². The highest BCUT2D eigenvalue weighted by molar-refractivity contribution is 5.41. The summed E-state index contributed by atoms with van der Waals surface area (Å²) in [6.07, 6.45) is -4.85. The largest absolute Gasteiger partial charge is 0.573 e. The van der Waals surface area contributed by atoms with Crippen molar-refractivity contribution >= 4 is 5.69 Å². The first kappa shape index (κ1) is 15.1. The van der Waals surface area contributed by atoms with Crippen LogP contribution < -0.4 is 15.6 Å². The maximum atomic E-state index is 13.3. The summed E-state index contributed by atoms with van der Waals surface area (Å²) in [5.41, 5.74) is 6.72. The second-order valence-corrected chi connectivity index (χ2v) is 4.19. The van der Waals surface area contributed by atoms with Crippen LogP contribution in [0, 0.1) is 5.82 Å². The van der Waals surface area contributed by atoms with Gasteiger partial charge in [0.15, 0.2) is 0 Å². The molecule has 0 aliphatic heterocycles. The lowest BCUT2D eigenvalue weighted by Gasteiger charge is -2.12. The fraction of sp³-hybridized carbons (Fsp3) is 0.143. The van der Waals surface area contributed by atoms with Crippen LogP contribution in [-0.4, -0.2) is 6.36 Å². The number of anilines is 1. The van der Waals surface area contributed by atoms with Gasteiger partial charge in [-0.3, -0.25) is 0 Å². The van der Waals surface area contributed by atoms with Crippen molar-refractivity contribution in [1.82, 2.24) is 5.43 Å². The Morgan fingerprint density at radius 2 is 1.71 bits per heavy atom. The molecule has 0 amide bonds. The van der Waals surface area contributed by atoms with Crippen molar-refractivity contribution in [2.24, 2.45) is 0 Å². The minimum absolute atomic E-state index is 0.126. The molecule has 0 fully saturated rings. The van der Waals surface area contributed by atoms with Gasteiger partial charge in [0.25, 0.3) is 0 Å². The van der Waals surface area contributed by atoms with Gasteiger partial charge in [0.1, 0.15) is 11.6 Å². The molecule has 0 aromatic heterocycles. The van der Waals surface area contributed by atoms with Gasteiger partial charge in [0, 0.05) is 18.3 Å². The highest BCUT2D eigenvalue weighted by Gasteiger charge is 2.31. The van der Waals surface area contributed by atoms with Crippen molar-refractivity contribution in [1.29, 1.82) is 0 Å². The predicted octanol–water partition coefficient (Wildman–Crippen LogP) is 3.84. The van der Waals surface area contributed by atoms with E-state index < -0.39 is 17.9 Å². The topological polar surface area (TPSA) is 33.3 Å². The summed E-state index contributed by atoms with van der Waals surface area (Å²) in [5, 5.41) is 0. The summed E-state index contributed by atoms with van der Waals surface area (Å²) >= 11 is 0. The Kier molecular flexibility index (Phi) is 4.64. The maximum Gasteiger partial charge on any atom is 0.573 e. The number of hydrogen-bond donors (Lipinski definition) is 2. The fourth-order valence-electron chi connectivity index (χ4n) is 1.69. The average Bonchev–Trinajstić information content (AvgIpc) is 2.37. The molecule has 0 atom stereocenters. The quantitative estimate of drug-likeness (QED) is 0.650. The van der Waals surface area contributed by atoms with Gasteiger partial charge in [0.2, 0.25) is 0 Å². The molecule has 7 heteroatoms. The average molecular weight is 300 g/mol. The Morgan fingerprint density at radius 3 is 2.38 bits per heavy atom. The second-order valence-electron chi connectivity index (χ2n) is 4.19. The summed E-state index contributed by atoms with van der Waals surface area (Å²) in [5.74, 6) is -1.38. The van der Waals surface area contributed by atoms with Crippen molar-refractivity contribution in [3.8, 4) is 5.75 Å². The number of rotatable bonds is 5. The molecule has 112 valence electrons. The third kappa shape index (κ3) is 5.31. The molecule has 0 bridgehead atoms. The number of hydrogen-bond acceptors (Lipinski definition) is 3. The summed E-state index contributed by atoms with van der Waals surface area (Å²) < 4.78 is 53.3. The van der Waals surface area contributed by atoms with E-state index in [2.05, 4.69) is 15.6 Å². The molecule has 2 aromatic rings. The van der Waals surface area contributed by atoms with Crippen molar-refractivity contribution in [2.75, 3.05) is 5.43 Å². The first-order chi connectivity index (χ1) is 9.92. The van der Waals surface area contributed by atoms with Gasteiger partial charge >= 0.3 is 6.36 Å². The molecule has 0 aliphatic rings. The third-order valence-electron chi connectivity index (χ3n) is 2.46. The molecule has 0 unspecified atom stereocenters. The highest BCUT2D eigenvalue weighted by atomic mass is 19.4. The highest BCUT2D eigenvalue weighted by Crippen LogP contribution is 2.24. The zero-order chi connectivity index (χ0) is 15.3. The zero-order valence-electron chi connectivity index (χ0n) is 10.7. The molecular weight excluding hydrogens is 288 g/mol. The number of para-hydroxylation sites is 1. The molecule has 0 aliphatic carbocycles. The first-order valence-electron chi connectivity index (χ1n) is 6.01. The number of halogens is 4. The summed E-state index contributed by atoms with van der Waals surface area (Å²) in [7, 11) is 0.